The first-order valence-corrected chi connectivity index (χ1v) is 22.3. The fourth-order valence-electron chi connectivity index (χ4n) is 7.25. The molecule has 68 heavy (non-hydrogen) atoms. The van der Waals surface area contributed by atoms with E-state index >= 15 is 0 Å². The third kappa shape index (κ3) is 11.3. The van der Waals surface area contributed by atoms with Crippen molar-refractivity contribution in [2.24, 2.45) is 5.10 Å². The number of allylic oxidation sites excluding steroid dienone is 1. The van der Waals surface area contributed by atoms with Crippen molar-refractivity contribution in [3.8, 4) is 29.1 Å². The Labute approximate surface area is 397 Å². The average molecular weight is 922 g/mol. The van der Waals surface area contributed by atoms with E-state index < -0.39 is 5.97 Å². The first-order chi connectivity index (χ1) is 33.3. The highest BCUT2D eigenvalue weighted by atomic mass is 32.1. The fourth-order valence-corrected chi connectivity index (χ4v) is 8.15. The zero-order valence-corrected chi connectivity index (χ0v) is 37.7. The molecule has 1 heterocycles. The van der Waals surface area contributed by atoms with Crippen molar-refractivity contribution in [2.45, 2.75) is 26.1 Å². The summed E-state index contributed by atoms with van der Waals surface area (Å²) in [4.78, 5) is 33.6. The van der Waals surface area contributed by atoms with Crippen LogP contribution in [-0.4, -0.2) is 49.7 Å². The van der Waals surface area contributed by atoms with Crippen molar-refractivity contribution >= 4 is 49.9 Å². The summed E-state index contributed by atoms with van der Waals surface area (Å²) >= 11 is 1.44. The van der Waals surface area contributed by atoms with Crippen LogP contribution in [0.5, 0.6) is 23.0 Å². The number of ether oxygens (including phenoxy) is 6. The number of carbonyl (C=O) groups is 2. The number of nitrogens with zero attached hydrogens (tertiary/aromatic N) is 5. The molecular weight excluding hydrogens is 879 g/mol. The molecule has 0 amide bonds. The molecule has 6 aromatic carbocycles. The zero-order chi connectivity index (χ0) is 47.2. The molecule has 0 unspecified atom stereocenters. The molecule has 338 valence electrons. The maximum atomic E-state index is 12.7. The lowest BCUT2D eigenvalue weighted by Crippen LogP contribution is -2.26. The Hall–Kier alpha value is -8.40. The Bertz CT molecular complexity index is 3050. The molecule has 0 spiro atoms. The van der Waals surface area contributed by atoms with Crippen LogP contribution in [0, 0.1) is 17.9 Å². The standard InChI is InChI=1S/C54H43N5O8S/c1-4-50(60)67-42-24-26-43-46(31-42)53(58-59(35-63-29-28-62-3)54-57-47-12-8-9-13-49(47)68-54)44-25-16-38(30-45(44)52(43)48(32-55)56-2)34-65-39-18-14-36(15-19-39)17-27-51(61)66-41-22-20-40(21-23-41)64-33-37-10-6-5-7-11-37/h4-16,18-26,30-31H,1,17,27-29,33-35H2,3H3/b52-48+,58-53+. The number of anilines is 1. The van der Waals surface area contributed by atoms with E-state index in [9.17, 15) is 14.9 Å². The first kappa shape index (κ1) is 46.1. The number of hydrogen-bond acceptors (Lipinski definition) is 13. The van der Waals surface area contributed by atoms with E-state index in [-0.39, 0.29) is 37.2 Å². The molecule has 0 N–H and O–H groups in total. The summed E-state index contributed by atoms with van der Waals surface area (Å²) in [6.45, 7) is 12.8. The molecule has 0 aliphatic heterocycles. The maximum absolute atomic E-state index is 12.7. The van der Waals surface area contributed by atoms with Gasteiger partial charge in [0.25, 0.3) is 5.70 Å². The summed E-state index contributed by atoms with van der Waals surface area (Å²) in [6, 6.07) is 44.8. The average Bonchev–Trinajstić information content (AvgIpc) is 3.81. The lowest BCUT2D eigenvalue weighted by atomic mass is 9.79. The van der Waals surface area contributed by atoms with Crippen molar-refractivity contribution in [3.05, 3.63) is 208 Å². The predicted molar refractivity (Wildman–Crippen MR) is 259 cm³/mol. The molecule has 0 bridgehead atoms. The number of para-hydroxylation sites is 1. The van der Waals surface area contributed by atoms with E-state index in [1.165, 1.54) is 11.3 Å². The molecule has 1 aliphatic carbocycles. The number of hydrogen-bond donors (Lipinski definition) is 0. The van der Waals surface area contributed by atoms with Crippen LogP contribution in [0.1, 0.15) is 45.4 Å². The van der Waals surface area contributed by atoms with Gasteiger partial charge in [0.2, 0.25) is 5.13 Å². The Morgan fingerprint density at radius 2 is 1.44 bits per heavy atom. The number of methoxy groups -OCH3 is 1. The van der Waals surface area contributed by atoms with Gasteiger partial charge in [-0.3, -0.25) is 4.79 Å². The third-order valence-electron chi connectivity index (χ3n) is 10.6. The lowest BCUT2D eigenvalue weighted by molar-refractivity contribution is -0.134. The Morgan fingerprint density at radius 3 is 2.16 bits per heavy atom. The van der Waals surface area contributed by atoms with Gasteiger partial charge in [-0.2, -0.15) is 5.10 Å². The van der Waals surface area contributed by atoms with E-state index in [1.807, 2.05) is 97.1 Å². The van der Waals surface area contributed by atoms with Gasteiger partial charge in [0.05, 0.1) is 41.8 Å². The highest BCUT2D eigenvalue weighted by Crippen LogP contribution is 2.41. The second-order valence-electron chi connectivity index (χ2n) is 15.2. The topological polar surface area (TPSA) is 146 Å². The monoisotopic (exact) mass is 921 g/mol. The van der Waals surface area contributed by atoms with Gasteiger partial charge in [-0.1, -0.05) is 90.7 Å². The SMILES string of the molecule is [C-]#[N+]/C(C#N)=C1\c2ccc(OC(=O)C=C)cc2/C(=N/N(COCCOC)c2nc3ccccc3s2)c2ccc(COc3ccc(CCC(=O)Oc4ccc(OCc5ccccc5)cc4)cc3)cc21. The van der Waals surface area contributed by atoms with Gasteiger partial charge in [-0.05, 0) is 101 Å². The largest absolute Gasteiger partial charge is 0.489 e. The van der Waals surface area contributed by atoms with Crippen molar-refractivity contribution in [3.63, 3.8) is 0 Å². The molecule has 7 aromatic rings. The van der Waals surface area contributed by atoms with Crippen LogP contribution >= 0.6 is 11.3 Å². The molecule has 14 heteroatoms. The second-order valence-corrected chi connectivity index (χ2v) is 16.2. The minimum atomic E-state index is -0.653. The number of aryl methyl sites for hydroxylation is 1. The summed E-state index contributed by atoms with van der Waals surface area (Å²) in [7, 11) is 1.59. The number of esters is 2. The number of rotatable bonds is 19. The summed E-state index contributed by atoms with van der Waals surface area (Å²) in [5.74, 6) is 0.937. The smallest absolute Gasteiger partial charge is 0.335 e. The maximum Gasteiger partial charge on any atom is 0.335 e. The van der Waals surface area contributed by atoms with Crippen LogP contribution in [0.25, 0.3) is 20.6 Å². The molecule has 13 nitrogen and oxygen atoms in total. The Balaban J connectivity index is 1.01. The number of thiazole rings is 1. The van der Waals surface area contributed by atoms with Gasteiger partial charge < -0.3 is 28.4 Å². The van der Waals surface area contributed by atoms with Crippen LogP contribution < -0.4 is 24.0 Å². The van der Waals surface area contributed by atoms with Crippen LogP contribution in [0.15, 0.2) is 163 Å². The third-order valence-corrected chi connectivity index (χ3v) is 11.6. The van der Waals surface area contributed by atoms with E-state index in [0.29, 0.717) is 82.2 Å². The van der Waals surface area contributed by atoms with Crippen molar-refractivity contribution in [1.29, 1.82) is 5.26 Å². The normalized spacial score (nSPS) is 12.8. The summed E-state index contributed by atoms with van der Waals surface area (Å²) in [6.07, 6.45) is 1.72. The first-order valence-electron chi connectivity index (χ1n) is 21.4. The predicted octanol–water partition coefficient (Wildman–Crippen LogP) is 10.5. The number of hydrazone groups is 1. The minimum Gasteiger partial charge on any atom is -0.489 e. The van der Waals surface area contributed by atoms with Gasteiger partial charge in [0.15, 0.2) is 0 Å². The Kier molecular flexibility index (Phi) is 15.1. The number of benzene rings is 6. The van der Waals surface area contributed by atoms with E-state index in [4.69, 9.17) is 45.1 Å². The molecule has 0 fully saturated rings. The number of fused-ring (bicyclic) bond motifs is 3. The van der Waals surface area contributed by atoms with Gasteiger partial charge in [-0.25, -0.2) is 24.9 Å². The van der Waals surface area contributed by atoms with Crippen LogP contribution in [0.4, 0.5) is 5.13 Å². The summed E-state index contributed by atoms with van der Waals surface area (Å²) < 4.78 is 35.4. The highest BCUT2D eigenvalue weighted by molar-refractivity contribution is 7.22. The van der Waals surface area contributed by atoms with Crippen molar-refractivity contribution in [2.75, 3.05) is 32.1 Å². The quantitative estimate of drug-likeness (QED) is 0.0112. The number of carbonyl (C=O) groups excluding carboxylic acids is 2. The molecule has 0 radical (unpaired) electrons. The van der Waals surface area contributed by atoms with Crippen molar-refractivity contribution in [1.82, 2.24) is 4.98 Å². The molecular formula is C54H43N5O8S. The van der Waals surface area contributed by atoms with Gasteiger partial charge in [0, 0.05) is 36.3 Å². The molecule has 0 saturated carbocycles. The van der Waals surface area contributed by atoms with Crippen LogP contribution in [-0.2, 0) is 38.7 Å². The second kappa shape index (κ2) is 22.2. The van der Waals surface area contributed by atoms with E-state index in [2.05, 4.69) is 17.5 Å². The summed E-state index contributed by atoms with van der Waals surface area (Å²) in [5.41, 5.74) is 6.50. The molecule has 0 atom stereocenters. The van der Waals surface area contributed by atoms with E-state index in [1.54, 1.807) is 54.6 Å². The molecule has 0 saturated heterocycles. The number of nitriles is 1. The van der Waals surface area contributed by atoms with E-state index in [0.717, 1.165) is 33.0 Å². The van der Waals surface area contributed by atoms with Gasteiger partial charge in [-0.15, -0.1) is 0 Å². The number of aromatic nitrogens is 1. The molecule has 1 aromatic heterocycles. The molecule has 1 aliphatic rings. The minimum absolute atomic E-state index is 0.0201. The van der Waals surface area contributed by atoms with Crippen molar-refractivity contribution < 1.29 is 38.0 Å². The lowest BCUT2D eigenvalue weighted by Gasteiger charge is -2.27. The zero-order valence-electron chi connectivity index (χ0n) is 36.9. The van der Waals surface area contributed by atoms with Gasteiger partial charge in [0.1, 0.15) is 42.9 Å². The molecule has 8 rings (SSSR count). The van der Waals surface area contributed by atoms with Crippen LogP contribution in [0.3, 0.4) is 0 Å². The van der Waals surface area contributed by atoms with Crippen LogP contribution in [0.2, 0.25) is 0 Å². The summed E-state index contributed by atoms with van der Waals surface area (Å²) in [5, 5.41) is 17.7. The Morgan fingerprint density at radius 1 is 0.765 bits per heavy atom. The highest BCUT2D eigenvalue weighted by Gasteiger charge is 2.30. The fraction of sp³-hybridized carbons (Fsp3) is 0.148. The van der Waals surface area contributed by atoms with Gasteiger partial charge >= 0.3 is 11.9 Å².